The van der Waals surface area contributed by atoms with E-state index in [9.17, 15) is 18.4 Å². The van der Waals surface area contributed by atoms with Crippen molar-refractivity contribution in [2.45, 2.75) is 118 Å². The maximum atomic E-state index is 13.7. The second-order valence-electron chi connectivity index (χ2n) is 12.8. The van der Waals surface area contributed by atoms with Crippen molar-refractivity contribution in [3.8, 4) is 0 Å². The van der Waals surface area contributed by atoms with Crippen LogP contribution in [0.2, 0.25) is 5.02 Å². The number of carbonyl (C=O) groups is 2. The summed E-state index contributed by atoms with van der Waals surface area (Å²) in [6.07, 6.45) is 7.27. The van der Waals surface area contributed by atoms with Crippen LogP contribution in [-0.4, -0.2) is 35.6 Å². The van der Waals surface area contributed by atoms with Gasteiger partial charge in [-0.05, 0) is 107 Å². The standard InChI is InChI=1S/C19H27ClO2.C14H19F2N.C3H8/c1-5-6-16(8-7-13(2)14(3)12-21)19-11-17(20)9-10-18(19)15(4)22;1-14(2,3)17-7-6-10(9-17)12-5-4-11(15)8-13(12)16;1-3-2/h9-14,16H,5-8H2,1-4H3;4-5,8,10H,6-7,9H2,1-3H3;3H2,1-2H3. The Morgan fingerprint density at radius 2 is 1.69 bits per heavy atom. The molecule has 4 atom stereocenters. The molecule has 0 aromatic heterocycles. The van der Waals surface area contributed by atoms with Crippen LogP contribution in [-0.2, 0) is 4.79 Å². The summed E-state index contributed by atoms with van der Waals surface area (Å²) in [5.74, 6) is 0.120. The fourth-order valence-electron chi connectivity index (χ4n) is 5.31. The third-order valence-electron chi connectivity index (χ3n) is 8.09. The number of Topliss-reactive ketones (excluding diaryl/α,β-unsaturated/α-hetero) is 1. The van der Waals surface area contributed by atoms with Crippen molar-refractivity contribution in [2.75, 3.05) is 13.1 Å². The Bertz CT molecular complexity index is 1110. The van der Waals surface area contributed by atoms with Gasteiger partial charge in [0.15, 0.2) is 5.78 Å². The van der Waals surface area contributed by atoms with Gasteiger partial charge in [0, 0.05) is 40.6 Å². The molecular formula is C36H54ClF2NO2. The summed E-state index contributed by atoms with van der Waals surface area (Å²) in [4.78, 5) is 25.1. The number of halogens is 3. The van der Waals surface area contributed by atoms with Gasteiger partial charge in [0.2, 0.25) is 0 Å². The zero-order valence-corrected chi connectivity index (χ0v) is 28.2. The van der Waals surface area contributed by atoms with Gasteiger partial charge in [0.25, 0.3) is 0 Å². The van der Waals surface area contributed by atoms with E-state index >= 15 is 0 Å². The van der Waals surface area contributed by atoms with Crippen molar-refractivity contribution >= 4 is 23.7 Å². The van der Waals surface area contributed by atoms with Crippen LogP contribution in [0.25, 0.3) is 0 Å². The number of hydrogen-bond acceptors (Lipinski definition) is 3. The van der Waals surface area contributed by atoms with Crippen LogP contribution >= 0.6 is 11.6 Å². The minimum Gasteiger partial charge on any atom is -0.303 e. The van der Waals surface area contributed by atoms with Crippen LogP contribution in [0.5, 0.6) is 0 Å². The van der Waals surface area contributed by atoms with Crippen LogP contribution in [0.3, 0.4) is 0 Å². The molecule has 0 aliphatic carbocycles. The topological polar surface area (TPSA) is 37.4 Å². The molecule has 236 valence electrons. The van der Waals surface area contributed by atoms with Crippen molar-refractivity contribution in [3.63, 3.8) is 0 Å². The summed E-state index contributed by atoms with van der Waals surface area (Å²) < 4.78 is 26.5. The lowest BCUT2D eigenvalue weighted by Gasteiger charge is -2.31. The van der Waals surface area contributed by atoms with Crippen LogP contribution in [0.1, 0.15) is 134 Å². The number of rotatable bonds is 10. The lowest BCUT2D eigenvalue weighted by Crippen LogP contribution is -2.39. The quantitative estimate of drug-likeness (QED) is 0.200. The van der Waals surface area contributed by atoms with E-state index in [1.54, 1.807) is 19.1 Å². The molecule has 42 heavy (non-hydrogen) atoms. The van der Waals surface area contributed by atoms with E-state index in [-0.39, 0.29) is 23.2 Å². The van der Waals surface area contributed by atoms with Gasteiger partial charge in [-0.15, -0.1) is 0 Å². The molecule has 4 unspecified atom stereocenters. The predicted molar refractivity (Wildman–Crippen MR) is 174 cm³/mol. The SMILES string of the molecule is CC(C)(C)N1CCC(c2ccc(F)cc2F)C1.CCC.CCCC(CCC(C)C(C)C=O)c1cc(Cl)ccc1C(C)=O. The van der Waals surface area contributed by atoms with Crippen LogP contribution in [0, 0.1) is 23.5 Å². The van der Waals surface area contributed by atoms with Gasteiger partial charge in [-0.3, -0.25) is 9.69 Å². The molecule has 0 amide bonds. The number of carbonyl (C=O) groups excluding carboxylic acids is 2. The van der Waals surface area contributed by atoms with Gasteiger partial charge in [-0.25, -0.2) is 8.78 Å². The molecule has 0 bridgehead atoms. The first-order chi connectivity index (χ1) is 19.7. The molecule has 0 radical (unpaired) electrons. The van der Waals surface area contributed by atoms with Gasteiger partial charge in [0.05, 0.1) is 0 Å². The molecule has 1 heterocycles. The van der Waals surface area contributed by atoms with Crippen molar-refractivity contribution in [1.82, 2.24) is 4.90 Å². The maximum absolute atomic E-state index is 13.7. The minimum atomic E-state index is -0.503. The summed E-state index contributed by atoms with van der Waals surface area (Å²) in [6, 6.07) is 9.46. The molecule has 0 saturated carbocycles. The molecule has 1 aliphatic heterocycles. The van der Waals surface area contributed by atoms with E-state index < -0.39 is 11.6 Å². The summed E-state index contributed by atoms with van der Waals surface area (Å²) >= 11 is 6.14. The van der Waals surface area contributed by atoms with E-state index in [0.717, 1.165) is 68.7 Å². The highest BCUT2D eigenvalue weighted by Crippen LogP contribution is 2.34. The lowest BCUT2D eigenvalue weighted by molar-refractivity contribution is -0.111. The highest BCUT2D eigenvalue weighted by Gasteiger charge is 2.32. The Morgan fingerprint density at radius 1 is 1.05 bits per heavy atom. The van der Waals surface area contributed by atoms with Crippen molar-refractivity contribution in [2.24, 2.45) is 11.8 Å². The maximum Gasteiger partial charge on any atom is 0.160 e. The van der Waals surface area contributed by atoms with Gasteiger partial charge in [-0.2, -0.15) is 0 Å². The zero-order chi connectivity index (χ0) is 32.0. The fraction of sp³-hybridized carbons (Fsp3) is 0.611. The number of hydrogen-bond donors (Lipinski definition) is 0. The van der Waals surface area contributed by atoms with Gasteiger partial charge in [0.1, 0.15) is 17.9 Å². The molecule has 6 heteroatoms. The first kappa shape index (κ1) is 37.9. The Morgan fingerprint density at radius 3 is 2.19 bits per heavy atom. The molecule has 3 nitrogen and oxygen atoms in total. The fourth-order valence-corrected chi connectivity index (χ4v) is 5.49. The summed E-state index contributed by atoms with van der Waals surface area (Å²) in [7, 11) is 0. The van der Waals surface area contributed by atoms with Crippen molar-refractivity contribution in [1.29, 1.82) is 0 Å². The molecule has 3 rings (SSSR count). The highest BCUT2D eigenvalue weighted by atomic mass is 35.5. The zero-order valence-electron chi connectivity index (χ0n) is 27.4. The average Bonchev–Trinajstić information content (AvgIpc) is 3.42. The number of likely N-dealkylation sites (tertiary alicyclic amines) is 1. The summed E-state index contributed by atoms with van der Waals surface area (Å²) in [5.41, 5.74) is 2.61. The van der Waals surface area contributed by atoms with E-state index in [1.807, 2.05) is 19.1 Å². The number of aldehydes is 1. The van der Waals surface area contributed by atoms with E-state index in [0.29, 0.717) is 22.4 Å². The predicted octanol–water partition coefficient (Wildman–Crippen LogP) is 10.6. The average molecular weight is 606 g/mol. The summed E-state index contributed by atoms with van der Waals surface area (Å²) in [6.45, 7) is 20.4. The molecule has 2 aromatic rings. The van der Waals surface area contributed by atoms with E-state index in [2.05, 4.69) is 53.4 Å². The normalized spacial score (nSPS) is 17.3. The molecule has 1 fully saturated rings. The van der Waals surface area contributed by atoms with Gasteiger partial charge < -0.3 is 4.79 Å². The monoisotopic (exact) mass is 605 g/mol. The molecule has 0 spiro atoms. The van der Waals surface area contributed by atoms with E-state index in [4.69, 9.17) is 11.6 Å². The Balaban J connectivity index is 0.000000393. The van der Waals surface area contributed by atoms with Crippen molar-refractivity contribution in [3.05, 3.63) is 69.7 Å². The van der Waals surface area contributed by atoms with E-state index in [1.165, 1.54) is 12.5 Å². The Labute approximate surface area is 259 Å². The van der Waals surface area contributed by atoms with Gasteiger partial charge in [-0.1, -0.05) is 65.1 Å². The smallest absolute Gasteiger partial charge is 0.160 e. The van der Waals surface area contributed by atoms with Crippen molar-refractivity contribution < 1.29 is 18.4 Å². The number of ketones is 1. The largest absolute Gasteiger partial charge is 0.303 e. The second-order valence-corrected chi connectivity index (χ2v) is 13.2. The first-order valence-corrected chi connectivity index (χ1v) is 16.0. The number of nitrogens with zero attached hydrogens (tertiary/aromatic N) is 1. The Kier molecular flexibility index (Phi) is 16.7. The second kappa shape index (κ2) is 18.5. The van der Waals surface area contributed by atoms with Crippen LogP contribution < -0.4 is 0 Å². The Hall–Kier alpha value is -2.11. The minimum absolute atomic E-state index is 0.0777. The highest BCUT2D eigenvalue weighted by molar-refractivity contribution is 6.30. The van der Waals surface area contributed by atoms with Gasteiger partial charge >= 0.3 is 0 Å². The van der Waals surface area contributed by atoms with Crippen LogP contribution in [0.15, 0.2) is 36.4 Å². The molecule has 2 aromatic carbocycles. The first-order valence-electron chi connectivity index (χ1n) is 15.7. The molecule has 1 aliphatic rings. The molecular weight excluding hydrogens is 552 g/mol. The molecule has 1 saturated heterocycles. The third kappa shape index (κ3) is 12.2. The summed E-state index contributed by atoms with van der Waals surface area (Å²) in [5, 5.41) is 0.676. The lowest BCUT2D eigenvalue weighted by atomic mass is 9.82. The third-order valence-corrected chi connectivity index (χ3v) is 8.33. The van der Waals surface area contributed by atoms with Crippen LogP contribution in [0.4, 0.5) is 8.78 Å². The number of benzene rings is 2. The molecule has 0 N–H and O–H groups in total.